The standard InChI is InChI=1S/C18H20FN7O2/c1-11-16(17(27)20-18-23-21-12(2)26(18)14-5-6-14)22-24-25(11)9-10-28-15-7-3-13(19)4-8-15/h3-4,7-8,14H,5-6,9-10H2,1-2H3,(H,20,23,27). The Morgan fingerprint density at radius 1 is 1.21 bits per heavy atom. The van der Waals surface area contributed by atoms with Crippen molar-refractivity contribution in [3.05, 3.63) is 47.3 Å². The predicted octanol–water partition coefficient (Wildman–Crippen LogP) is 2.29. The molecule has 146 valence electrons. The van der Waals surface area contributed by atoms with Crippen LogP contribution in [0.2, 0.25) is 0 Å². The van der Waals surface area contributed by atoms with E-state index in [9.17, 15) is 9.18 Å². The molecule has 0 aliphatic heterocycles. The highest BCUT2D eigenvalue weighted by molar-refractivity contribution is 6.02. The zero-order chi connectivity index (χ0) is 19.7. The van der Waals surface area contributed by atoms with Gasteiger partial charge in [0.15, 0.2) is 5.69 Å². The predicted molar refractivity (Wildman–Crippen MR) is 97.6 cm³/mol. The van der Waals surface area contributed by atoms with Crippen LogP contribution in [0, 0.1) is 19.7 Å². The second-order valence-corrected chi connectivity index (χ2v) is 6.68. The molecule has 1 aliphatic carbocycles. The van der Waals surface area contributed by atoms with E-state index in [2.05, 4.69) is 25.8 Å². The van der Waals surface area contributed by atoms with Gasteiger partial charge in [0.1, 0.15) is 24.0 Å². The number of nitrogens with zero attached hydrogens (tertiary/aromatic N) is 6. The Balaban J connectivity index is 1.38. The zero-order valence-corrected chi connectivity index (χ0v) is 15.6. The molecule has 1 fully saturated rings. The Morgan fingerprint density at radius 3 is 2.68 bits per heavy atom. The number of carbonyl (C=O) groups excluding carboxylic acids is 1. The normalized spacial score (nSPS) is 13.5. The maximum atomic E-state index is 12.9. The second-order valence-electron chi connectivity index (χ2n) is 6.68. The molecule has 0 bridgehead atoms. The molecule has 1 aliphatic rings. The van der Waals surface area contributed by atoms with Crippen LogP contribution in [-0.4, -0.2) is 42.3 Å². The number of amides is 1. The summed E-state index contributed by atoms with van der Waals surface area (Å²) < 4.78 is 22.0. The third-order valence-electron chi connectivity index (χ3n) is 4.59. The monoisotopic (exact) mass is 385 g/mol. The van der Waals surface area contributed by atoms with Crippen LogP contribution in [0.4, 0.5) is 10.3 Å². The van der Waals surface area contributed by atoms with Crippen LogP contribution in [-0.2, 0) is 6.54 Å². The highest BCUT2D eigenvalue weighted by Gasteiger charge is 2.29. The van der Waals surface area contributed by atoms with Gasteiger partial charge < -0.3 is 4.74 Å². The Bertz CT molecular complexity index is 992. The first kappa shape index (κ1) is 18.1. The summed E-state index contributed by atoms with van der Waals surface area (Å²) in [5.41, 5.74) is 0.846. The first-order chi connectivity index (χ1) is 13.5. The van der Waals surface area contributed by atoms with Gasteiger partial charge in [-0.2, -0.15) is 0 Å². The highest BCUT2D eigenvalue weighted by atomic mass is 19.1. The van der Waals surface area contributed by atoms with Crippen molar-refractivity contribution in [3.63, 3.8) is 0 Å². The van der Waals surface area contributed by atoms with Gasteiger partial charge in [-0.05, 0) is 51.0 Å². The molecule has 1 N–H and O–H groups in total. The summed E-state index contributed by atoms with van der Waals surface area (Å²) in [5, 5.41) is 18.9. The maximum absolute atomic E-state index is 12.9. The molecule has 10 heteroatoms. The summed E-state index contributed by atoms with van der Waals surface area (Å²) in [6.07, 6.45) is 2.12. The zero-order valence-electron chi connectivity index (χ0n) is 15.6. The maximum Gasteiger partial charge on any atom is 0.280 e. The van der Waals surface area contributed by atoms with Crippen LogP contribution in [0.5, 0.6) is 5.75 Å². The summed E-state index contributed by atoms with van der Waals surface area (Å²) in [6, 6.07) is 6.13. The third kappa shape index (κ3) is 3.71. The van der Waals surface area contributed by atoms with Gasteiger partial charge in [-0.1, -0.05) is 5.21 Å². The van der Waals surface area contributed by atoms with Gasteiger partial charge in [-0.15, -0.1) is 15.3 Å². The van der Waals surface area contributed by atoms with Crippen LogP contribution in [0.1, 0.15) is 40.9 Å². The van der Waals surface area contributed by atoms with E-state index in [0.29, 0.717) is 36.6 Å². The fourth-order valence-corrected chi connectivity index (χ4v) is 2.95. The summed E-state index contributed by atoms with van der Waals surface area (Å²) in [6.45, 7) is 4.35. The molecule has 1 amide bonds. The number of rotatable bonds is 7. The molecule has 4 rings (SSSR count). The lowest BCUT2D eigenvalue weighted by Gasteiger charge is -2.08. The van der Waals surface area contributed by atoms with Crippen molar-refractivity contribution in [1.29, 1.82) is 0 Å². The number of hydrogen-bond donors (Lipinski definition) is 1. The number of aromatic nitrogens is 6. The Hall–Kier alpha value is -3.30. The molecule has 0 spiro atoms. The quantitative estimate of drug-likeness (QED) is 0.670. The molecule has 0 atom stereocenters. The molecular weight excluding hydrogens is 365 g/mol. The van der Waals surface area contributed by atoms with Crippen molar-refractivity contribution in [3.8, 4) is 5.75 Å². The third-order valence-corrected chi connectivity index (χ3v) is 4.59. The molecule has 1 aromatic carbocycles. The van der Waals surface area contributed by atoms with Gasteiger partial charge in [-0.25, -0.2) is 9.07 Å². The Labute approximate surface area is 160 Å². The second kappa shape index (κ2) is 7.37. The van der Waals surface area contributed by atoms with Crippen molar-refractivity contribution >= 4 is 11.9 Å². The SMILES string of the molecule is Cc1c(C(=O)Nc2nnc(C)n2C2CC2)nnn1CCOc1ccc(F)cc1. The summed E-state index contributed by atoms with van der Waals surface area (Å²) in [7, 11) is 0. The number of hydrogen-bond acceptors (Lipinski definition) is 6. The van der Waals surface area contributed by atoms with Gasteiger partial charge in [-0.3, -0.25) is 14.7 Å². The molecule has 1 saturated carbocycles. The van der Waals surface area contributed by atoms with Crippen molar-refractivity contribution in [2.45, 2.75) is 39.3 Å². The molecule has 0 radical (unpaired) electrons. The van der Waals surface area contributed by atoms with Gasteiger partial charge >= 0.3 is 0 Å². The van der Waals surface area contributed by atoms with E-state index < -0.39 is 0 Å². The minimum atomic E-state index is -0.377. The van der Waals surface area contributed by atoms with Crippen molar-refractivity contribution in [1.82, 2.24) is 29.8 Å². The van der Waals surface area contributed by atoms with Crippen molar-refractivity contribution in [2.24, 2.45) is 0 Å². The van der Waals surface area contributed by atoms with Gasteiger partial charge in [0.05, 0.1) is 12.2 Å². The Kier molecular flexibility index (Phi) is 4.76. The number of aryl methyl sites for hydroxylation is 1. The lowest BCUT2D eigenvalue weighted by atomic mass is 10.3. The van der Waals surface area contributed by atoms with Gasteiger partial charge in [0, 0.05) is 6.04 Å². The first-order valence-electron chi connectivity index (χ1n) is 9.04. The smallest absolute Gasteiger partial charge is 0.280 e. The first-order valence-corrected chi connectivity index (χ1v) is 9.04. The van der Waals surface area contributed by atoms with Crippen molar-refractivity contribution in [2.75, 3.05) is 11.9 Å². The van der Waals surface area contributed by atoms with Crippen LogP contribution in [0.25, 0.3) is 0 Å². The van der Waals surface area contributed by atoms with E-state index in [1.165, 1.54) is 12.1 Å². The van der Waals surface area contributed by atoms with E-state index in [1.54, 1.807) is 23.7 Å². The van der Waals surface area contributed by atoms with Crippen LogP contribution in [0.15, 0.2) is 24.3 Å². The van der Waals surface area contributed by atoms with E-state index in [1.807, 2.05) is 11.5 Å². The molecule has 3 aromatic rings. The van der Waals surface area contributed by atoms with Crippen LogP contribution < -0.4 is 10.1 Å². The highest BCUT2D eigenvalue weighted by Crippen LogP contribution is 2.37. The summed E-state index contributed by atoms with van der Waals surface area (Å²) in [4.78, 5) is 12.6. The molecule has 0 saturated heterocycles. The molecule has 0 unspecified atom stereocenters. The summed E-state index contributed by atoms with van der Waals surface area (Å²) >= 11 is 0. The Morgan fingerprint density at radius 2 is 1.96 bits per heavy atom. The molecule has 2 aromatic heterocycles. The van der Waals surface area contributed by atoms with Crippen molar-refractivity contribution < 1.29 is 13.9 Å². The average Bonchev–Trinajstić information content (AvgIpc) is 3.35. The number of nitrogens with one attached hydrogen (secondary N) is 1. The summed E-state index contributed by atoms with van der Waals surface area (Å²) in [5.74, 6) is 1.07. The van der Waals surface area contributed by atoms with Crippen LogP contribution >= 0.6 is 0 Å². The minimum Gasteiger partial charge on any atom is -0.492 e. The van der Waals surface area contributed by atoms with E-state index in [4.69, 9.17) is 4.74 Å². The number of anilines is 1. The van der Waals surface area contributed by atoms with Gasteiger partial charge in [0.25, 0.3) is 5.91 Å². The minimum absolute atomic E-state index is 0.227. The number of halogens is 1. The lowest BCUT2D eigenvalue weighted by molar-refractivity contribution is 0.102. The molecule has 2 heterocycles. The van der Waals surface area contributed by atoms with E-state index in [0.717, 1.165) is 18.7 Å². The largest absolute Gasteiger partial charge is 0.492 e. The fraction of sp³-hybridized carbons (Fsp3) is 0.389. The molecule has 9 nitrogen and oxygen atoms in total. The van der Waals surface area contributed by atoms with Gasteiger partial charge in [0.2, 0.25) is 5.95 Å². The molecular formula is C18H20FN7O2. The fourth-order valence-electron chi connectivity index (χ4n) is 2.95. The average molecular weight is 385 g/mol. The number of carbonyl (C=O) groups is 1. The molecule has 28 heavy (non-hydrogen) atoms. The number of benzene rings is 1. The topological polar surface area (TPSA) is 99.8 Å². The van der Waals surface area contributed by atoms with E-state index in [-0.39, 0.29) is 17.4 Å². The lowest BCUT2D eigenvalue weighted by Crippen LogP contribution is -2.18. The van der Waals surface area contributed by atoms with Crippen LogP contribution in [0.3, 0.4) is 0 Å². The van der Waals surface area contributed by atoms with E-state index >= 15 is 0 Å². The number of ether oxygens (including phenoxy) is 1.